The number of nitrogens with zero attached hydrogens (tertiary/aromatic N) is 1. The zero-order valence-electron chi connectivity index (χ0n) is 22.3. The van der Waals surface area contributed by atoms with Crippen LogP contribution in [0.3, 0.4) is 0 Å². The van der Waals surface area contributed by atoms with Crippen LogP contribution < -0.4 is 28.6 Å². The second-order valence-corrected chi connectivity index (χ2v) is 10.2. The molecule has 0 aliphatic carbocycles. The van der Waals surface area contributed by atoms with Gasteiger partial charge in [0, 0.05) is 6.54 Å². The maximum Gasteiger partial charge on any atom is 0.268 e. The summed E-state index contributed by atoms with van der Waals surface area (Å²) < 4.78 is 50.2. The molecule has 0 spiro atoms. The fourth-order valence-corrected chi connectivity index (χ4v) is 5.53. The van der Waals surface area contributed by atoms with Crippen molar-refractivity contribution in [2.45, 2.75) is 25.2 Å². The summed E-state index contributed by atoms with van der Waals surface area (Å²) in [6, 6.07) is 17.0. The molecule has 3 rings (SSSR count). The number of benzene rings is 3. The highest BCUT2D eigenvalue weighted by atomic mass is 32.2. The first kappa shape index (κ1) is 28.6. The molecule has 0 saturated carbocycles. The van der Waals surface area contributed by atoms with E-state index in [4.69, 9.17) is 18.9 Å². The van der Waals surface area contributed by atoms with Crippen LogP contribution in [-0.2, 0) is 21.2 Å². The second-order valence-electron chi connectivity index (χ2n) is 8.38. The number of hydrogen-bond acceptors (Lipinski definition) is 7. The van der Waals surface area contributed by atoms with Gasteiger partial charge in [0.15, 0.2) is 11.5 Å². The van der Waals surface area contributed by atoms with Gasteiger partial charge in [-0.15, -0.1) is 0 Å². The van der Waals surface area contributed by atoms with E-state index in [1.54, 1.807) is 63.6 Å². The van der Waals surface area contributed by atoms with Crippen molar-refractivity contribution in [1.82, 2.24) is 5.32 Å². The molecule has 0 atom stereocenters. The van der Waals surface area contributed by atoms with Crippen molar-refractivity contribution in [2.24, 2.45) is 0 Å². The normalized spacial score (nSPS) is 11.0. The average molecular weight is 543 g/mol. The number of amides is 1. The van der Waals surface area contributed by atoms with E-state index >= 15 is 0 Å². The standard InChI is InChI=1S/C28H34N2O7S/c1-6-37-23-11-9-22(10-12-23)30(38(32,33)27-17-20(2)7-13-25(27)35-4)19-28(31)29-16-15-21-8-14-24(34-3)26(18-21)36-5/h7-14,17-18H,6,15-16,19H2,1-5H3,(H,29,31). The SMILES string of the molecule is CCOc1ccc(N(CC(=O)NCCc2ccc(OC)c(OC)c2)S(=O)(=O)c2cc(C)ccc2OC)cc1. The molecule has 204 valence electrons. The third kappa shape index (κ3) is 6.89. The number of aryl methyl sites for hydroxylation is 1. The second kappa shape index (κ2) is 13.0. The number of carbonyl (C=O) groups excluding carboxylic acids is 1. The minimum absolute atomic E-state index is 0.0213. The van der Waals surface area contributed by atoms with Crippen LogP contribution in [0, 0.1) is 6.92 Å². The van der Waals surface area contributed by atoms with E-state index in [9.17, 15) is 13.2 Å². The maximum atomic E-state index is 13.8. The zero-order chi connectivity index (χ0) is 27.7. The summed E-state index contributed by atoms with van der Waals surface area (Å²) in [6.07, 6.45) is 0.521. The Kier molecular flexibility index (Phi) is 9.84. The fourth-order valence-electron chi connectivity index (χ4n) is 3.86. The van der Waals surface area contributed by atoms with Crippen molar-refractivity contribution in [2.75, 3.05) is 45.3 Å². The van der Waals surface area contributed by atoms with Crippen LogP contribution in [0.4, 0.5) is 5.69 Å². The highest BCUT2D eigenvalue weighted by Crippen LogP contribution is 2.32. The number of sulfonamides is 1. The van der Waals surface area contributed by atoms with Gasteiger partial charge < -0.3 is 24.3 Å². The Morgan fingerprint density at radius 2 is 1.53 bits per heavy atom. The molecule has 9 nitrogen and oxygen atoms in total. The van der Waals surface area contributed by atoms with Crippen molar-refractivity contribution in [3.05, 3.63) is 71.8 Å². The van der Waals surface area contributed by atoms with Crippen molar-refractivity contribution in [3.8, 4) is 23.0 Å². The summed E-state index contributed by atoms with van der Waals surface area (Å²) in [5.74, 6) is 1.55. The number of nitrogens with one attached hydrogen (secondary N) is 1. The van der Waals surface area contributed by atoms with Gasteiger partial charge >= 0.3 is 0 Å². The molecule has 3 aromatic carbocycles. The molecule has 0 saturated heterocycles. The summed E-state index contributed by atoms with van der Waals surface area (Å²) in [4.78, 5) is 13.0. The molecule has 0 aliphatic heterocycles. The summed E-state index contributed by atoms with van der Waals surface area (Å²) >= 11 is 0. The predicted molar refractivity (Wildman–Crippen MR) is 146 cm³/mol. The average Bonchev–Trinajstić information content (AvgIpc) is 2.92. The topological polar surface area (TPSA) is 103 Å². The van der Waals surface area contributed by atoms with Crippen LogP contribution in [0.25, 0.3) is 0 Å². The van der Waals surface area contributed by atoms with Crippen molar-refractivity contribution >= 4 is 21.6 Å². The van der Waals surface area contributed by atoms with E-state index in [2.05, 4.69) is 5.32 Å². The number of methoxy groups -OCH3 is 3. The first-order chi connectivity index (χ1) is 18.2. The third-order valence-electron chi connectivity index (χ3n) is 5.79. The molecule has 10 heteroatoms. The molecule has 0 aromatic heterocycles. The maximum absolute atomic E-state index is 13.8. The largest absolute Gasteiger partial charge is 0.495 e. The van der Waals surface area contributed by atoms with Gasteiger partial charge in [-0.05, 0) is 79.9 Å². The van der Waals surface area contributed by atoms with Crippen molar-refractivity contribution in [3.63, 3.8) is 0 Å². The van der Waals surface area contributed by atoms with Crippen LogP contribution in [0.15, 0.2) is 65.6 Å². The van der Waals surface area contributed by atoms with Gasteiger partial charge in [-0.2, -0.15) is 0 Å². The molecule has 38 heavy (non-hydrogen) atoms. The molecule has 0 unspecified atom stereocenters. The number of rotatable bonds is 13. The van der Waals surface area contributed by atoms with Crippen LogP contribution in [0.2, 0.25) is 0 Å². The first-order valence-corrected chi connectivity index (χ1v) is 13.5. The molecule has 0 aliphatic rings. The molecule has 0 radical (unpaired) electrons. The summed E-state index contributed by atoms with van der Waals surface area (Å²) in [7, 11) is 0.373. The Morgan fingerprint density at radius 3 is 2.16 bits per heavy atom. The minimum atomic E-state index is -4.16. The van der Waals surface area contributed by atoms with Crippen LogP contribution in [-0.4, -0.2) is 55.4 Å². The van der Waals surface area contributed by atoms with E-state index in [-0.39, 0.29) is 10.6 Å². The molecule has 0 heterocycles. The first-order valence-electron chi connectivity index (χ1n) is 12.1. The van der Waals surface area contributed by atoms with Gasteiger partial charge in [0.1, 0.15) is 22.9 Å². The number of ether oxygens (including phenoxy) is 4. The Bertz CT molecular complexity index is 1340. The lowest BCUT2D eigenvalue weighted by Crippen LogP contribution is -2.41. The van der Waals surface area contributed by atoms with Gasteiger partial charge in [-0.25, -0.2) is 8.42 Å². The third-order valence-corrected chi connectivity index (χ3v) is 7.59. The van der Waals surface area contributed by atoms with Gasteiger partial charge in [0.2, 0.25) is 5.91 Å². The molecule has 1 amide bonds. The lowest BCUT2D eigenvalue weighted by molar-refractivity contribution is -0.119. The zero-order valence-corrected chi connectivity index (χ0v) is 23.1. The number of hydrogen-bond donors (Lipinski definition) is 1. The predicted octanol–water partition coefficient (Wildman–Crippen LogP) is 3.97. The molecular weight excluding hydrogens is 508 g/mol. The molecular formula is C28H34N2O7S. The van der Waals surface area contributed by atoms with E-state index in [0.29, 0.717) is 42.5 Å². The number of anilines is 1. The van der Waals surface area contributed by atoms with Crippen LogP contribution in [0.1, 0.15) is 18.1 Å². The highest BCUT2D eigenvalue weighted by molar-refractivity contribution is 7.93. The summed E-state index contributed by atoms with van der Waals surface area (Å²) in [5.41, 5.74) is 2.01. The monoisotopic (exact) mass is 542 g/mol. The molecule has 3 aromatic rings. The summed E-state index contributed by atoms with van der Waals surface area (Å²) in [6.45, 7) is 4.02. The van der Waals surface area contributed by atoms with Crippen LogP contribution in [0.5, 0.6) is 23.0 Å². The smallest absolute Gasteiger partial charge is 0.268 e. The van der Waals surface area contributed by atoms with Gasteiger partial charge in [-0.1, -0.05) is 12.1 Å². The quantitative estimate of drug-likeness (QED) is 0.349. The van der Waals surface area contributed by atoms with E-state index < -0.39 is 22.5 Å². The van der Waals surface area contributed by atoms with E-state index in [1.807, 2.05) is 19.1 Å². The number of carbonyl (C=O) groups is 1. The van der Waals surface area contributed by atoms with Crippen molar-refractivity contribution in [1.29, 1.82) is 0 Å². The van der Waals surface area contributed by atoms with E-state index in [0.717, 1.165) is 15.4 Å². The minimum Gasteiger partial charge on any atom is -0.495 e. The molecule has 0 fully saturated rings. The van der Waals surface area contributed by atoms with Crippen molar-refractivity contribution < 1.29 is 32.2 Å². The van der Waals surface area contributed by atoms with E-state index in [1.165, 1.54) is 13.2 Å². The Balaban J connectivity index is 1.83. The summed E-state index contributed by atoms with van der Waals surface area (Å²) in [5, 5.41) is 2.82. The molecule has 1 N–H and O–H groups in total. The lowest BCUT2D eigenvalue weighted by atomic mass is 10.1. The van der Waals surface area contributed by atoms with Crippen LogP contribution >= 0.6 is 0 Å². The van der Waals surface area contributed by atoms with Gasteiger partial charge in [0.05, 0.1) is 33.6 Å². The fraction of sp³-hybridized carbons (Fsp3) is 0.321. The Morgan fingerprint density at radius 1 is 0.868 bits per heavy atom. The Hall–Kier alpha value is -3.92. The van der Waals surface area contributed by atoms with Gasteiger partial charge in [-0.3, -0.25) is 9.10 Å². The van der Waals surface area contributed by atoms with Gasteiger partial charge in [0.25, 0.3) is 10.0 Å². The molecule has 0 bridgehead atoms. The lowest BCUT2D eigenvalue weighted by Gasteiger charge is -2.25. The Labute approximate surface area is 224 Å². The highest BCUT2D eigenvalue weighted by Gasteiger charge is 2.30.